The Balaban J connectivity index is 2.35. The average molecular weight is 312 g/mol. The van der Waals surface area contributed by atoms with Crippen molar-refractivity contribution in [2.24, 2.45) is 0 Å². The van der Waals surface area contributed by atoms with Crippen LogP contribution in [0.3, 0.4) is 0 Å². The van der Waals surface area contributed by atoms with Gasteiger partial charge in [0.25, 0.3) is 0 Å². The highest BCUT2D eigenvalue weighted by atomic mass is 32.2. The number of aromatic nitrogens is 4. The maximum absolute atomic E-state index is 11.2. The number of hydrogen-bond acceptors (Lipinski definition) is 9. The van der Waals surface area contributed by atoms with Gasteiger partial charge in [0.2, 0.25) is 5.82 Å². The first-order chi connectivity index (χ1) is 9.65. The minimum absolute atomic E-state index is 0.132. The molecule has 0 bridgehead atoms. The maximum Gasteiger partial charge on any atom is 0.343 e. The zero-order valence-corrected chi connectivity index (χ0v) is 12.5. The summed E-state index contributed by atoms with van der Waals surface area (Å²) in [5, 5.41) is 14.3. The largest absolute Gasteiger partial charge is 0.364 e. The van der Waals surface area contributed by atoms with Gasteiger partial charge in [-0.1, -0.05) is 6.92 Å². The number of nitrogens with one attached hydrogen (secondary N) is 1. The van der Waals surface area contributed by atoms with Gasteiger partial charge in [-0.15, -0.1) is 0 Å². The Kier molecular flexibility index (Phi) is 4.79. The SMILES string of the molecule is CCNc1ncnc(Sc2nc(CC)ns2)c1[N+](=O)[O-]. The van der Waals surface area contributed by atoms with Crippen LogP contribution in [0, 0.1) is 10.1 Å². The fourth-order valence-electron chi connectivity index (χ4n) is 1.40. The molecule has 2 heterocycles. The molecule has 0 aliphatic rings. The van der Waals surface area contributed by atoms with E-state index in [-0.39, 0.29) is 16.5 Å². The fraction of sp³-hybridized carbons (Fsp3) is 0.400. The van der Waals surface area contributed by atoms with Crippen molar-refractivity contribution in [1.82, 2.24) is 19.3 Å². The maximum atomic E-state index is 11.2. The predicted molar refractivity (Wildman–Crippen MR) is 76.3 cm³/mol. The zero-order valence-electron chi connectivity index (χ0n) is 10.9. The van der Waals surface area contributed by atoms with Gasteiger partial charge in [0.15, 0.2) is 9.37 Å². The second-order valence-corrected chi connectivity index (χ2v) is 5.58. The smallest absolute Gasteiger partial charge is 0.343 e. The van der Waals surface area contributed by atoms with Crippen molar-refractivity contribution < 1.29 is 4.92 Å². The van der Waals surface area contributed by atoms with Crippen LogP contribution in [0.5, 0.6) is 0 Å². The summed E-state index contributed by atoms with van der Waals surface area (Å²) in [6.07, 6.45) is 2.03. The molecule has 2 rings (SSSR count). The molecule has 0 aliphatic heterocycles. The lowest BCUT2D eigenvalue weighted by atomic mass is 10.5. The lowest BCUT2D eigenvalue weighted by Crippen LogP contribution is -2.05. The molecule has 106 valence electrons. The van der Waals surface area contributed by atoms with Gasteiger partial charge < -0.3 is 5.32 Å². The molecule has 0 amide bonds. The first-order valence-electron chi connectivity index (χ1n) is 5.89. The monoisotopic (exact) mass is 312 g/mol. The highest BCUT2D eigenvalue weighted by Gasteiger charge is 2.24. The van der Waals surface area contributed by atoms with Crippen LogP contribution in [0.15, 0.2) is 15.7 Å². The van der Waals surface area contributed by atoms with E-state index in [1.165, 1.54) is 17.9 Å². The van der Waals surface area contributed by atoms with Crippen molar-refractivity contribution in [3.05, 3.63) is 22.3 Å². The van der Waals surface area contributed by atoms with E-state index in [4.69, 9.17) is 0 Å². The topological polar surface area (TPSA) is 107 Å². The van der Waals surface area contributed by atoms with Crippen molar-refractivity contribution in [3.8, 4) is 0 Å². The summed E-state index contributed by atoms with van der Waals surface area (Å²) >= 11 is 2.34. The van der Waals surface area contributed by atoms with Crippen molar-refractivity contribution >= 4 is 34.8 Å². The van der Waals surface area contributed by atoms with Gasteiger partial charge in [0.1, 0.15) is 12.2 Å². The molecular weight excluding hydrogens is 300 g/mol. The van der Waals surface area contributed by atoms with Crippen molar-refractivity contribution in [3.63, 3.8) is 0 Å². The molecule has 0 saturated carbocycles. The molecule has 0 radical (unpaired) electrons. The van der Waals surface area contributed by atoms with E-state index in [0.29, 0.717) is 10.9 Å². The van der Waals surface area contributed by atoms with Crippen LogP contribution in [-0.2, 0) is 6.42 Å². The first kappa shape index (κ1) is 14.6. The Morgan fingerprint density at radius 3 is 2.85 bits per heavy atom. The quantitative estimate of drug-likeness (QED) is 0.492. The molecule has 0 aromatic carbocycles. The molecule has 10 heteroatoms. The van der Waals surface area contributed by atoms with E-state index in [9.17, 15) is 10.1 Å². The summed E-state index contributed by atoms with van der Waals surface area (Å²) in [6.45, 7) is 4.34. The second-order valence-electron chi connectivity index (χ2n) is 3.60. The highest BCUT2D eigenvalue weighted by Crippen LogP contribution is 2.36. The lowest BCUT2D eigenvalue weighted by molar-refractivity contribution is -0.387. The third-order valence-electron chi connectivity index (χ3n) is 2.27. The molecule has 2 aromatic rings. The molecule has 0 fully saturated rings. The molecule has 1 N–H and O–H groups in total. The van der Waals surface area contributed by atoms with Gasteiger partial charge in [-0.2, -0.15) is 4.37 Å². The number of anilines is 1. The molecule has 20 heavy (non-hydrogen) atoms. The van der Waals surface area contributed by atoms with E-state index < -0.39 is 4.92 Å². The predicted octanol–water partition coefficient (Wildman–Crippen LogP) is 2.38. The Morgan fingerprint density at radius 2 is 2.25 bits per heavy atom. The summed E-state index contributed by atoms with van der Waals surface area (Å²) < 4.78 is 4.78. The van der Waals surface area contributed by atoms with Crippen LogP contribution in [0.4, 0.5) is 11.5 Å². The zero-order chi connectivity index (χ0) is 14.5. The van der Waals surface area contributed by atoms with E-state index >= 15 is 0 Å². The number of hydrogen-bond donors (Lipinski definition) is 1. The van der Waals surface area contributed by atoms with Gasteiger partial charge in [-0.3, -0.25) is 10.1 Å². The Morgan fingerprint density at radius 1 is 1.45 bits per heavy atom. The number of nitro groups is 1. The van der Waals surface area contributed by atoms with Crippen LogP contribution < -0.4 is 5.32 Å². The Labute approximate surface area is 123 Å². The van der Waals surface area contributed by atoms with Crippen molar-refractivity contribution in [2.75, 3.05) is 11.9 Å². The summed E-state index contributed by atoms with van der Waals surface area (Å²) in [4.78, 5) is 22.9. The van der Waals surface area contributed by atoms with Gasteiger partial charge in [0.05, 0.1) is 4.92 Å². The van der Waals surface area contributed by atoms with Crippen molar-refractivity contribution in [2.45, 2.75) is 29.6 Å². The summed E-state index contributed by atoms with van der Waals surface area (Å²) in [7, 11) is 0. The molecule has 8 nitrogen and oxygen atoms in total. The van der Waals surface area contributed by atoms with E-state index in [1.54, 1.807) is 0 Å². The van der Waals surface area contributed by atoms with E-state index in [0.717, 1.165) is 24.0 Å². The summed E-state index contributed by atoms with van der Waals surface area (Å²) in [5.41, 5.74) is -0.132. The molecule has 0 aliphatic carbocycles. The molecule has 0 unspecified atom stereocenters. The Bertz CT molecular complexity index is 618. The summed E-state index contributed by atoms with van der Waals surface area (Å²) in [5.74, 6) is 0.941. The molecule has 0 spiro atoms. The van der Waals surface area contributed by atoms with Crippen LogP contribution in [-0.4, -0.2) is 30.8 Å². The summed E-state index contributed by atoms with van der Waals surface area (Å²) in [6, 6.07) is 0. The highest BCUT2D eigenvalue weighted by molar-refractivity contribution is 8.01. The first-order valence-corrected chi connectivity index (χ1v) is 7.48. The van der Waals surface area contributed by atoms with Crippen LogP contribution >= 0.6 is 23.3 Å². The number of nitrogens with zero attached hydrogens (tertiary/aromatic N) is 5. The van der Waals surface area contributed by atoms with Gasteiger partial charge in [-0.05, 0) is 30.2 Å². The second kappa shape index (κ2) is 6.57. The molecule has 2 aromatic heterocycles. The molecule has 0 atom stereocenters. The number of aryl methyl sites for hydroxylation is 1. The van der Waals surface area contributed by atoms with Crippen LogP contribution in [0.2, 0.25) is 0 Å². The van der Waals surface area contributed by atoms with E-state index in [1.807, 2.05) is 13.8 Å². The van der Waals surface area contributed by atoms with Gasteiger partial charge in [-0.25, -0.2) is 15.0 Å². The Hall–Kier alpha value is -1.81. The van der Waals surface area contributed by atoms with Crippen LogP contribution in [0.1, 0.15) is 19.7 Å². The average Bonchev–Trinajstić information content (AvgIpc) is 2.86. The van der Waals surface area contributed by atoms with Gasteiger partial charge in [0, 0.05) is 13.0 Å². The van der Waals surface area contributed by atoms with E-state index in [2.05, 4.69) is 24.6 Å². The fourth-order valence-corrected chi connectivity index (χ4v) is 3.09. The normalized spacial score (nSPS) is 10.5. The third kappa shape index (κ3) is 3.20. The number of rotatable bonds is 6. The minimum Gasteiger partial charge on any atom is -0.364 e. The standard InChI is InChI=1S/C10H12N6O2S2/c1-3-6-14-10(20-15-6)19-9-7(16(17)18)8(11-4-2)12-5-13-9/h5H,3-4H2,1-2H3,(H,11,12,13). The van der Waals surface area contributed by atoms with Crippen molar-refractivity contribution in [1.29, 1.82) is 0 Å². The lowest BCUT2D eigenvalue weighted by Gasteiger charge is -2.05. The third-order valence-corrected chi connectivity index (χ3v) is 4.05. The van der Waals surface area contributed by atoms with Gasteiger partial charge >= 0.3 is 5.69 Å². The minimum atomic E-state index is -0.484. The molecule has 0 saturated heterocycles. The van der Waals surface area contributed by atoms with Crippen LogP contribution in [0.25, 0.3) is 0 Å². The molecular formula is C10H12N6O2S2.